The summed E-state index contributed by atoms with van der Waals surface area (Å²) in [6, 6.07) is 68.4. The van der Waals surface area contributed by atoms with Gasteiger partial charge in [-0.25, -0.2) is 15.0 Å². The Morgan fingerprint density at radius 1 is 0.321 bits per heavy atom. The minimum atomic E-state index is 0.707. The standard InChI is InChI=1S/C51H33N5/c1-3-14-34(15-4-1)44-33-45(54-51(53-44)35-16-5-2-6-17-35)38-19-13-18-36(30-38)37-25-27-42-40-20-7-9-22-46(40)55(49(42)31-37)39-26-28-48-43(32-39)41-21-8-10-23-47(41)56(48)50-24-11-12-29-52-50/h1-33H. The number of hydrogen-bond donors (Lipinski definition) is 0. The number of aromatic nitrogens is 5. The third-order valence-corrected chi connectivity index (χ3v) is 10.8. The summed E-state index contributed by atoms with van der Waals surface area (Å²) in [5.74, 6) is 1.61. The monoisotopic (exact) mass is 715 g/mol. The van der Waals surface area contributed by atoms with Gasteiger partial charge in [-0.2, -0.15) is 0 Å². The summed E-state index contributed by atoms with van der Waals surface area (Å²) in [6.45, 7) is 0. The first kappa shape index (κ1) is 31.9. The molecular weight excluding hydrogens is 683 g/mol. The Balaban J connectivity index is 1.07. The molecular formula is C51H33N5. The van der Waals surface area contributed by atoms with E-state index < -0.39 is 0 Å². The van der Waals surface area contributed by atoms with Crippen LogP contribution in [0.3, 0.4) is 0 Å². The zero-order valence-electron chi connectivity index (χ0n) is 30.3. The lowest BCUT2D eigenvalue weighted by molar-refractivity contribution is 1.08. The molecule has 0 saturated heterocycles. The maximum atomic E-state index is 5.11. The second-order valence-electron chi connectivity index (χ2n) is 14.1. The summed E-state index contributed by atoms with van der Waals surface area (Å²) in [4.78, 5) is 14.8. The van der Waals surface area contributed by atoms with Gasteiger partial charge >= 0.3 is 0 Å². The Labute approximate surface area is 323 Å². The van der Waals surface area contributed by atoms with Crippen molar-refractivity contribution in [1.29, 1.82) is 0 Å². The highest BCUT2D eigenvalue weighted by atomic mass is 15.1. The summed E-state index contributed by atoms with van der Waals surface area (Å²) in [7, 11) is 0. The second-order valence-corrected chi connectivity index (χ2v) is 14.1. The highest BCUT2D eigenvalue weighted by Crippen LogP contribution is 2.39. The molecule has 11 aromatic rings. The maximum Gasteiger partial charge on any atom is 0.160 e. The van der Waals surface area contributed by atoms with E-state index in [9.17, 15) is 0 Å². The molecule has 4 heterocycles. The quantitative estimate of drug-likeness (QED) is 0.172. The van der Waals surface area contributed by atoms with Gasteiger partial charge in [-0.15, -0.1) is 0 Å². The molecule has 0 bridgehead atoms. The van der Waals surface area contributed by atoms with Gasteiger partial charge in [-0.05, 0) is 71.8 Å². The number of benzene rings is 7. The molecule has 0 N–H and O–H groups in total. The molecule has 0 unspecified atom stereocenters. The summed E-state index contributed by atoms with van der Waals surface area (Å²) < 4.78 is 4.67. The van der Waals surface area contributed by atoms with Crippen molar-refractivity contribution in [2.45, 2.75) is 0 Å². The molecule has 0 amide bonds. The molecule has 5 nitrogen and oxygen atoms in total. The van der Waals surface area contributed by atoms with Crippen LogP contribution in [0, 0.1) is 0 Å². The van der Waals surface area contributed by atoms with Crippen molar-refractivity contribution in [3.05, 3.63) is 200 Å². The lowest BCUT2D eigenvalue weighted by atomic mass is 9.99. The van der Waals surface area contributed by atoms with Gasteiger partial charge in [0.1, 0.15) is 5.82 Å². The predicted octanol–water partition coefficient (Wildman–Crippen LogP) is 12.7. The SMILES string of the molecule is c1ccc(-c2cc(-c3cccc(-c4ccc5c6ccccc6n(-c6ccc7c(c6)c6ccccc6n7-c6ccccn6)c5c4)c3)nc(-c3ccccc3)n2)cc1. The zero-order valence-corrected chi connectivity index (χ0v) is 30.3. The topological polar surface area (TPSA) is 48.5 Å². The van der Waals surface area contributed by atoms with E-state index in [0.717, 1.165) is 67.3 Å². The van der Waals surface area contributed by atoms with Crippen molar-refractivity contribution in [1.82, 2.24) is 24.1 Å². The molecule has 0 aliphatic carbocycles. The summed E-state index contributed by atoms with van der Waals surface area (Å²) in [5.41, 5.74) is 12.8. The van der Waals surface area contributed by atoms with E-state index in [1.165, 1.54) is 27.1 Å². The van der Waals surface area contributed by atoms with Crippen LogP contribution in [0.4, 0.5) is 0 Å². The van der Waals surface area contributed by atoms with E-state index >= 15 is 0 Å². The molecule has 56 heavy (non-hydrogen) atoms. The number of pyridine rings is 1. The fraction of sp³-hybridized carbons (Fsp3) is 0. The van der Waals surface area contributed by atoms with Crippen molar-refractivity contribution in [2.75, 3.05) is 0 Å². The van der Waals surface area contributed by atoms with Crippen LogP contribution in [0.2, 0.25) is 0 Å². The van der Waals surface area contributed by atoms with Gasteiger partial charge < -0.3 is 4.57 Å². The Bertz CT molecular complexity index is 3180. The summed E-state index contributed by atoms with van der Waals surface area (Å²) in [6.07, 6.45) is 1.85. The van der Waals surface area contributed by atoms with Crippen molar-refractivity contribution in [2.24, 2.45) is 0 Å². The second kappa shape index (κ2) is 13.0. The molecule has 0 saturated carbocycles. The molecule has 0 aliphatic rings. The summed E-state index contributed by atoms with van der Waals surface area (Å²) in [5, 5.41) is 4.82. The Morgan fingerprint density at radius 2 is 0.911 bits per heavy atom. The van der Waals surface area contributed by atoms with Crippen molar-refractivity contribution >= 4 is 43.6 Å². The molecule has 0 spiro atoms. The Kier molecular flexibility index (Phi) is 7.42. The molecule has 0 fully saturated rings. The van der Waals surface area contributed by atoms with E-state index in [1.54, 1.807) is 0 Å². The first-order chi connectivity index (χ1) is 27.8. The van der Waals surface area contributed by atoms with E-state index in [2.05, 4.69) is 155 Å². The fourth-order valence-electron chi connectivity index (χ4n) is 8.19. The number of rotatable bonds is 6. The van der Waals surface area contributed by atoms with Gasteiger partial charge in [0.25, 0.3) is 0 Å². The number of nitrogens with zero attached hydrogens (tertiary/aromatic N) is 5. The van der Waals surface area contributed by atoms with Gasteiger partial charge in [0.2, 0.25) is 0 Å². The van der Waals surface area contributed by atoms with Crippen LogP contribution in [0.5, 0.6) is 0 Å². The van der Waals surface area contributed by atoms with Gasteiger partial charge in [0.05, 0.1) is 33.5 Å². The van der Waals surface area contributed by atoms with Crippen LogP contribution >= 0.6 is 0 Å². The third-order valence-electron chi connectivity index (χ3n) is 10.8. The lowest BCUT2D eigenvalue weighted by Crippen LogP contribution is -1.97. The first-order valence-electron chi connectivity index (χ1n) is 18.9. The van der Waals surface area contributed by atoms with Crippen molar-refractivity contribution in [3.63, 3.8) is 0 Å². The predicted molar refractivity (Wildman–Crippen MR) is 230 cm³/mol. The normalized spacial score (nSPS) is 11.6. The van der Waals surface area contributed by atoms with E-state index in [4.69, 9.17) is 15.0 Å². The molecule has 0 radical (unpaired) electrons. The molecule has 262 valence electrons. The Morgan fingerprint density at radius 3 is 1.68 bits per heavy atom. The van der Waals surface area contributed by atoms with Crippen molar-refractivity contribution in [3.8, 4) is 56.5 Å². The maximum absolute atomic E-state index is 5.11. The molecule has 11 rings (SSSR count). The van der Waals surface area contributed by atoms with Gasteiger partial charge in [-0.1, -0.05) is 133 Å². The number of para-hydroxylation sites is 2. The van der Waals surface area contributed by atoms with Crippen LogP contribution in [-0.4, -0.2) is 24.1 Å². The van der Waals surface area contributed by atoms with Crippen LogP contribution in [0.15, 0.2) is 200 Å². The Hall–Kier alpha value is -7.63. The molecule has 0 aliphatic heterocycles. The lowest BCUT2D eigenvalue weighted by Gasteiger charge is -2.12. The first-order valence-corrected chi connectivity index (χ1v) is 18.9. The average Bonchev–Trinajstić information content (AvgIpc) is 3.79. The van der Waals surface area contributed by atoms with Crippen LogP contribution in [0.25, 0.3) is 100 Å². The van der Waals surface area contributed by atoms with Gasteiger partial charge in [0.15, 0.2) is 5.82 Å². The molecule has 7 aromatic carbocycles. The summed E-state index contributed by atoms with van der Waals surface area (Å²) >= 11 is 0. The smallest absolute Gasteiger partial charge is 0.160 e. The van der Waals surface area contributed by atoms with E-state index in [-0.39, 0.29) is 0 Å². The highest BCUT2D eigenvalue weighted by Gasteiger charge is 2.18. The van der Waals surface area contributed by atoms with Crippen LogP contribution in [-0.2, 0) is 0 Å². The fourth-order valence-corrected chi connectivity index (χ4v) is 8.19. The highest BCUT2D eigenvalue weighted by molar-refractivity contribution is 6.12. The largest absolute Gasteiger partial charge is 0.309 e. The van der Waals surface area contributed by atoms with Gasteiger partial charge in [0, 0.05) is 50.1 Å². The molecule has 0 atom stereocenters. The van der Waals surface area contributed by atoms with E-state index in [1.807, 2.05) is 54.7 Å². The minimum absolute atomic E-state index is 0.707. The zero-order chi connectivity index (χ0) is 37.0. The molecule has 5 heteroatoms. The third kappa shape index (κ3) is 5.29. The average molecular weight is 716 g/mol. The molecule has 4 aromatic heterocycles. The van der Waals surface area contributed by atoms with E-state index in [0.29, 0.717) is 5.82 Å². The number of hydrogen-bond acceptors (Lipinski definition) is 3. The van der Waals surface area contributed by atoms with Crippen LogP contribution < -0.4 is 0 Å². The number of fused-ring (bicyclic) bond motifs is 6. The minimum Gasteiger partial charge on any atom is -0.309 e. The van der Waals surface area contributed by atoms with Crippen molar-refractivity contribution < 1.29 is 0 Å². The van der Waals surface area contributed by atoms with Gasteiger partial charge in [-0.3, -0.25) is 4.57 Å². The van der Waals surface area contributed by atoms with Crippen LogP contribution in [0.1, 0.15) is 0 Å².